The number of anilines is 1. The molecule has 2 heterocycles. The van der Waals surface area contributed by atoms with Gasteiger partial charge in [0.1, 0.15) is 12.0 Å². The third-order valence-corrected chi connectivity index (χ3v) is 3.89. The Morgan fingerprint density at radius 2 is 2.00 bits per heavy atom. The lowest BCUT2D eigenvalue weighted by atomic mass is 10.1. The lowest BCUT2D eigenvalue weighted by molar-refractivity contribution is 0.122. The van der Waals surface area contributed by atoms with Gasteiger partial charge in [0.15, 0.2) is 5.58 Å². The molecule has 0 saturated carbocycles. The molecule has 0 atom stereocenters. The molecule has 0 amide bonds. The molecule has 0 aliphatic carbocycles. The van der Waals surface area contributed by atoms with E-state index >= 15 is 0 Å². The molecule has 2 aromatic rings. The molecule has 1 aliphatic rings. The summed E-state index contributed by atoms with van der Waals surface area (Å²) in [7, 11) is 0. The number of ether oxygens (including phenoxy) is 1. The van der Waals surface area contributed by atoms with Crippen molar-refractivity contribution in [1.29, 1.82) is 0 Å². The summed E-state index contributed by atoms with van der Waals surface area (Å²) in [4.78, 5) is 14.6. The first-order valence-corrected chi connectivity index (χ1v) is 7.00. The van der Waals surface area contributed by atoms with E-state index in [2.05, 4.69) is 15.9 Å². The highest BCUT2D eigenvalue weighted by molar-refractivity contribution is 9.10. The van der Waals surface area contributed by atoms with E-state index in [0.29, 0.717) is 29.9 Å². The van der Waals surface area contributed by atoms with Crippen LogP contribution in [0.25, 0.3) is 11.0 Å². The number of rotatable bonds is 1. The molecule has 0 unspecified atom stereocenters. The van der Waals surface area contributed by atoms with Gasteiger partial charge in [0.2, 0.25) is 5.43 Å². The van der Waals surface area contributed by atoms with Crippen LogP contribution in [0.2, 0.25) is 0 Å². The van der Waals surface area contributed by atoms with Gasteiger partial charge in [-0.15, -0.1) is 0 Å². The molecular formula is C14H14BrNO3. The van der Waals surface area contributed by atoms with Crippen LogP contribution in [-0.2, 0) is 4.74 Å². The van der Waals surface area contributed by atoms with E-state index in [9.17, 15) is 4.79 Å². The Bertz CT molecular complexity index is 674. The van der Waals surface area contributed by atoms with Crippen molar-refractivity contribution in [2.24, 2.45) is 0 Å². The Morgan fingerprint density at radius 3 is 2.74 bits per heavy atom. The quantitative estimate of drug-likeness (QED) is 0.809. The summed E-state index contributed by atoms with van der Waals surface area (Å²) in [5.74, 6) is 0. The Balaban J connectivity index is 2.17. The molecule has 100 valence electrons. The van der Waals surface area contributed by atoms with E-state index in [1.165, 1.54) is 0 Å². The van der Waals surface area contributed by atoms with Crippen LogP contribution < -0.4 is 10.3 Å². The smallest absolute Gasteiger partial charge is 0.216 e. The van der Waals surface area contributed by atoms with Gasteiger partial charge in [-0.1, -0.05) is 0 Å². The predicted octanol–water partition coefficient (Wildman–Crippen LogP) is 2.70. The fourth-order valence-electron chi connectivity index (χ4n) is 2.35. The number of halogens is 1. The Morgan fingerprint density at radius 1 is 1.26 bits per heavy atom. The molecule has 1 fully saturated rings. The average Bonchev–Trinajstić information content (AvgIpc) is 2.41. The van der Waals surface area contributed by atoms with Gasteiger partial charge in [0.25, 0.3) is 0 Å². The lowest BCUT2D eigenvalue weighted by Gasteiger charge is -2.27. The van der Waals surface area contributed by atoms with Gasteiger partial charge < -0.3 is 14.1 Å². The number of nitrogens with zero attached hydrogens (tertiary/aromatic N) is 1. The van der Waals surface area contributed by atoms with E-state index in [-0.39, 0.29) is 5.43 Å². The van der Waals surface area contributed by atoms with Gasteiger partial charge in [0.05, 0.1) is 23.1 Å². The van der Waals surface area contributed by atoms with E-state index in [1.807, 2.05) is 24.0 Å². The zero-order valence-corrected chi connectivity index (χ0v) is 12.2. The molecule has 3 rings (SSSR count). The van der Waals surface area contributed by atoms with Crippen molar-refractivity contribution in [3.05, 3.63) is 38.7 Å². The maximum absolute atomic E-state index is 12.6. The minimum absolute atomic E-state index is 0.0209. The van der Waals surface area contributed by atoms with Gasteiger partial charge in [-0.2, -0.15) is 0 Å². The van der Waals surface area contributed by atoms with Crippen molar-refractivity contribution in [3.63, 3.8) is 0 Å². The van der Waals surface area contributed by atoms with E-state index < -0.39 is 0 Å². The summed E-state index contributed by atoms with van der Waals surface area (Å²) >= 11 is 3.44. The second-order valence-electron chi connectivity index (χ2n) is 4.67. The van der Waals surface area contributed by atoms with Crippen LogP contribution in [0.15, 0.2) is 32.1 Å². The van der Waals surface area contributed by atoms with Gasteiger partial charge in [-0.3, -0.25) is 4.79 Å². The number of benzene rings is 1. The van der Waals surface area contributed by atoms with E-state index in [4.69, 9.17) is 9.15 Å². The summed E-state index contributed by atoms with van der Waals surface area (Å²) in [5, 5.41) is 0.621. The highest BCUT2D eigenvalue weighted by Crippen LogP contribution is 2.26. The third-order valence-electron chi connectivity index (χ3n) is 3.31. The Kier molecular flexibility index (Phi) is 3.33. The number of fused-ring (bicyclic) bond motifs is 1. The van der Waals surface area contributed by atoms with Crippen molar-refractivity contribution >= 4 is 32.6 Å². The van der Waals surface area contributed by atoms with Crippen molar-refractivity contribution in [2.45, 2.75) is 6.92 Å². The van der Waals surface area contributed by atoms with Crippen LogP contribution in [0.5, 0.6) is 0 Å². The van der Waals surface area contributed by atoms with Gasteiger partial charge in [0, 0.05) is 13.1 Å². The largest absolute Gasteiger partial charge is 0.461 e. The molecule has 0 bridgehead atoms. The molecule has 0 radical (unpaired) electrons. The molecule has 1 saturated heterocycles. The van der Waals surface area contributed by atoms with Crippen LogP contribution >= 0.6 is 15.9 Å². The SMILES string of the molecule is Cc1cc(Br)c2occ(N3CCOCC3)c(=O)c2c1. The maximum Gasteiger partial charge on any atom is 0.216 e. The van der Waals surface area contributed by atoms with Gasteiger partial charge in [-0.25, -0.2) is 0 Å². The molecule has 1 aromatic carbocycles. The second-order valence-corrected chi connectivity index (χ2v) is 5.53. The van der Waals surface area contributed by atoms with Crippen molar-refractivity contribution in [3.8, 4) is 0 Å². The zero-order chi connectivity index (χ0) is 13.4. The second kappa shape index (κ2) is 4.98. The van der Waals surface area contributed by atoms with Crippen LogP contribution in [0.3, 0.4) is 0 Å². The molecule has 1 aromatic heterocycles. The Hall–Kier alpha value is -1.33. The first-order valence-electron chi connectivity index (χ1n) is 6.21. The summed E-state index contributed by atoms with van der Waals surface area (Å²) in [6.45, 7) is 4.71. The molecular weight excluding hydrogens is 310 g/mol. The minimum atomic E-state index is 0.0209. The van der Waals surface area contributed by atoms with Crippen molar-refractivity contribution in [1.82, 2.24) is 0 Å². The molecule has 0 N–H and O–H groups in total. The van der Waals surface area contributed by atoms with Crippen LogP contribution in [0, 0.1) is 6.92 Å². The standard InChI is InChI=1S/C14H14BrNO3/c1-9-6-10-13(17)12(16-2-4-18-5-3-16)8-19-14(10)11(15)7-9/h6-8H,2-5H2,1H3. The Labute approximate surface area is 119 Å². The molecule has 5 heteroatoms. The summed E-state index contributed by atoms with van der Waals surface area (Å²) in [6, 6.07) is 3.82. The average molecular weight is 324 g/mol. The van der Waals surface area contributed by atoms with Crippen molar-refractivity contribution in [2.75, 3.05) is 31.2 Å². The van der Waals surface area contributed by atoms with Crippen LogP contribution in [0.4, 0.5) is 5.69 Å². The number of hydrogen-bond donors (Lipinski definition) is 0. The predicted molar refractivity (Wildman–Crippen MR) is 78.0 cm³/mol. The maximum atomic E-state index is 12.6. The number of aryl methyl sites for hydroxylation is 1. The molecule has 1 aliphatic heterocycles. The van der Waals surface area contributed by atoms with Crippen molar-refractivity contribution < 1.29 is 9.15 Å². The first-order chi connectivity index (χ1) is 9.16. The highest BCUT2D eigenvalue weighted by Gasteiger charge is 2.17. The normalized spacial score (nSPS) is 16.0. The molecule has 0 spiro atoms. The van der Waals surface area contributed by atoms with E-state index in [0.717, 1.165) is 23.1 Å². The molecule has 19 heavy (non-hydrogen) atoms. The van der Waals surface area contributed by atoms with Gasteiger partial charge in [-0.05, 0) is 40.5 Å². The van der Waals surface area contributed by atoms with Crippen LogP contribution in [-0.4, -0.2) is 26.3 Å². The summed E-state index contributed by atoms with van der Waals surface area (Å²) < 4.78 is 11.8. The highest BCUT2D eigenvalue weighted by atomic mass is 79.9. The van der Waals surface area contributed by atoms with E-state index in [1.54, 1.807) is 6.26 Å². The summed E-state index contributed by atoms with van der Waals surface area (Å²) in [5.41, 5.74) is 2.28. The van der Waals surface area contributed by atoms with Crippen LogP contribution in [0.1, 0.15) is 5.56 Å². The van der Waals surface area contributed by atoms with Gasteiger partial charge >= 0.3 is 0 Å². The summed E-state index contributed by atoms with van der Waals surface area (Å²) in [6.07, 6.45) is 1.55. The lowest BCUT2D eigenvalue weighted by Crippen LogP contribution is -2.38. The first kappa shape index (κ1) is 12.7. The minimum Gasteiger partial charge on any atom is -0.461 e. The topological polar surface area (TPSA) is 42.7 Å². The number of morpholine rings is 1. The molecule has 4 nitrogen and oxygen atoms in total. The third kappa shape index (κ3) is 2.28. The zero-order valence-electron chi connectivity index (χ0n) is 10.6. The number of hydrogen-bond acceptors (Lipinski definition) is 4. The monoisotopic (exact) mass is 323 g/mol. The fraction of sp³-hybridized carbons (Fsp3) is 0.357. The fourth-order valence-corrected chi connectivity index (χ4v) is 3.01.